The molecule has 7 nitrogen and oxygen atoms in total. The molecule has 1 saturated heterocycles. The summed E-state index contributed by atoms with van der Waals surface area (Å²) in [5.74, 6) is -1.40. The highest BCUT2D eigenvalue weighted by atomic mass is 19.4. The van der Waals surface area contributed by atoms with Crippen molar-refractivity contribution < 1.29 is 40.7 Å². The van der Waals surface area contributed by atoms with E-state index in [9.17, 15) is 35.9 Å². The van der Waals surface area contributed by atoms with Crippen LogP contribution in [0.5, 0.6) is 5.75 Å². The van der Waals surface area contributed by atoms with Gasteiger partial charge in [-0.05, 0) is 30.2 Å². The molecular weight excluding hydrogens is 530 g/mol. The van der Waals surface area contributed by atoms with Crippen LogP contribution in [0, 0.1) is 5.41 Å². The largest absolute Gasteiger partial charge is 0.493 e. The quantitative estimate of drug-likeness (QED) is 0.520. The van der Waals surface area contributed by atoms with E-state index >= 15 is 0 Å². The van der Waals surface area contributed by atoms with E-state index in [1.165, 1.54) is 9.91 Å². The fourth-order valence-electron chi connectivity index (χ4n) is 4.89. The minimum Gasteiger partial charge on any atom is -0.493 e. The van der Waals surface area contributed by atoms with Crippen molar-refractivity contribution in [2.24, 2.45) is 16.3 Å². The second-order valence-corrected chi connectivity index (χ2v) is 9.61. The van der Waals surface area contributed by atoms with Gasteiger partial charge in [0.15, 0.2) is 0 Å². The summed E-state index contributed by atoms with van der Waals surface area (Å²) in [5.41, 5.74) is 3.55. The lowest BCUT2D eigenvalue weighted by atomic mass is 9.73. The SMILES string of the molecule is CN1N=C2CCN(C(=O)[C@H](N)CCOc3cc(C(F)(F)F)cc(C(F)(F)F)c3)C[C@@]2(Cc2ccccc2)C1=O. The van der Waals surface area contributed by atoms with E-state index in [1.54, 1.807) is 7.05 Å². The maximum Gasteiger partial charge on any atom is 0.416 e. The number of piperidine rings is 1. The molecule has 0 unspecified atom stereocenters. The van der Waals surface area contributed by atoms with Gasteiger partial charge >= 0.3 is 12.4 Å². The number of nitrogens with zero attached hydrogens (tertiary/aromatic N) is 3. The molecule has 13 heteroatoms. The minimum absolute atomic E-state index is 0.00304. The van der Waals surface area contributed by atoms with E-state index in [0.29, 0.717) is 30.7 Å². The van der Waals surface area contributed by atoms with Crippen LogP contribution in [0.2, 0.25) is 0 Å². The molecule has 1 fully saturated rings. The number of halogens is 6. The van der Waals surface area contributed by atoms with Crippen molar-refractivity contribution in [1.82, 2.24) is 9.91 Å². The first-order valence-electron chi connectivity index (χ1n) is 12.1. The number of likely N-dealkylation sites (tertiary alicyclic amines) is 1. The molecule has 2 aliphatic rings. The normalized spacial score (nSPS) is 20.5. The summed E-state index contributed by atoms with van der Waals surface area (Å²) in [6, 6.07) is 9.06. The van der Waals surface area contributed by atoms with Crippen LogP contribution in [0.4, 0.5) is 26.3 Å². The summed E-state index contributed by atoms with van der Waals surface area (Å²) >= 11 is 0. The number of alkyl halides is 6. The van der Waals surface area contributed by atoms with Crippen molar-refractivity contribution in [2.75, 3.05) is 26.7 Å². The predicted octanol–water partition coefficient (Wildman–Crippen LogP) is 4.11. The van der Waals surface area contributed by atoms with Gasteiger partial charge in [-0.1, -0.05) is 30.3 Å². The third-order valence-electron chi connectivity index (χ3n) is 6.84. The van der Waals surface area contributed by atoms with Crippen molar-refractivity contribution in [1.29, 1.82) is 0 Å². The Labute approximate surface area is 220 Å². The second-order valence-electron chi connectivity index (χ2n) is 9.61. The molecular formula is C26H26F6N4O3. The Morgan fingerprint density at radius 2 is 1.69 bits per heavy atom. The van der Waals surface area contributed by atoms with Gasteiger partial charge in [-0.3, -0.25) is 9.59 Å². The summed E-state index contributed by atoms with van der Waals surface area (Å²) in [7, 11) is 1.55. The Kier molecular flexibility index (Phi) is 7.66. The first-order valence-corrected chi connectivity index (χ1v) is 12.1. The topological polar surface area (TPSA) is 88.2 Å². The molecule has 0 aromatic heterocycles. The minimum atomic E-state index is -5.01. The van der Waals surface area contributed by atoms with Crippen molar-refractivity contribution in [3.8, 4) is 5.75 Å². The maximum absolute atomic E-state index is 13.2. The number of ether oxygens (including phenoxy) is 1. The fraction of sp³-hybridized carbons (Fsp3) is 0.423. The van der Waals surface area contributed by atoms with Gasteiger partial charge in [0, 0.05) is 33.0 Å². The highest BCUT2D eigenvalue weighted by molar-refractivity contribution is 6.13. The first kappa shape index (κ1) is 28.4. The average molecular weight is 557 g/mol. The molecule has 210 valence electrons. The van der Waals surface area contributed by atoms with Gasteiger partial charge in [0.05, 0.1) is 29.5 Å². The van der Waals surface area contributed by atoms with E-state index in [-0.39, 0.29) is 31.5 Å². The lowest BCUT2D eigenvalue weighted by Crippen LogP contribution is -2.58. The molecule has 4 rings (SSSR count). The smallest absolute Gasteiger partial charge is 0.416 e. The maximum atomic E-state index is 13.2. The molecule has 2 N–H and O–H groups in total. The number of carbonyl (C=O) groups excluding carboxylic acids is 2. The Morgan fingerprint density at radius 3 is 2.28 bits per heavy atom. The van der Waals surface area contributed by atoms with Crippen molar-refractivity contribution in [3.63, 3.8) is 0 Å². The van der Waals surface area contributed by atoms with Crippen LogP contribution in [0.3, 0.4) is 0 Å². The Hall–Kier alpha value is -3.61. The molecule has 0 spiro atoms. The molecule has 2 aromatic rings. The van der Waals surface area contributed by atoms with Crippen LogP contribution < -0.4 is 10.5 Å². The number of fused-ring (bicyclic) bond motifs is 1. The lowest BCUT2D eigenvalue weighted by Gasteiger charge is -2.40. The van der Waals surface area contributed by atoms with E-state index in [4.69, 9.17) is 10.5 Å². The summed E-state index contributed by atoms with van der Waals surface area (Å²) in [6.07, 6.45) is -9.52. The highest BCUT2D eigenvalue weighted by Gasteiger charge is 2.53. The molecule has 2 aromatic carbocycles. The van der Waals surface area contributed by atoms with E-state index < -0.39 is 53.2 Å². The lowest BCUT2D eigenvalue weighted by molar-refractivity contribution is -0.143. The predicted molar refractivity (Wildman–Crippen MR) is 129 cm³/mol. The number of hydrogen-bond acceptors (Lipinski definition) is 5. The van der Waals surface area contributed by atoms with Crippen LogP contribution in [-0.4, -0.2) is 60.2 Å². The van der Waals surface area contributed by atoms with Crippen molar-refractivity contribution >= 4 is 17.5 Å². The van der Waals surface area contributed by atoms with Crippen LogP contribution in [0.15, 0.2) is 53.6 Å². The number of nitrogens with two attached hydrogens (primary N) is 1. The third kappa shape index (κ3) is 6.02. The van der Waals surface area contributed by atoms with Gasteiger partial charge in [-0.25, -0.2) is 5.01 Å². The van der Waals surface area contributed by atoms with Crippen LogP contribution >= 0.6 is 0 Å². The number of hydrogen-bond donors (Lipinski definition) is 1. The number of benzene rings is 2. The number of hydrazone groups is 1. The van der Waals surface area contributed by atoms with E-state index in [1.807, 2.05) is 30.3 Å². The van der Waals surface area contributed by atoms with Gasteiger partial charge in [0.1, 0.15) is 11.2 Å². The zero-order chi connectivity index (χ0) is 28.6. The summed E-state index contributed by atoms with van der Waals surface area (Å²) < 4.78 is 83.7. The Morgan fingerprint density at radius 1 is 1.08 bits per heavy atom. The second kappa shape index (κ2) is 10.5. The summed E-state index contributed by atoms with van der Waals surface area (Å²) in [4.78, 5) is 27.8. The van der Waals surface area contributed by atoms with Gasteiger partial charge in [0.25, 0.3) is 5.91 Å². The van der Waals surface area contributed by atoms with Gasteiger partial charge in [-0.15, -0.1) is 0 Å². The molecule has 39 heavy (non-hydrogen) atoms. The van der Waals surface area contributed by atoms with Crippen molar-refractivity contribution in [2.45, 2.75) is 37.7 Å². The summed E-state index contributed by atoms with van der Waals surface area (Å²) in [5, 5.41) is 5.65. The molecule has 2 heterocycles. The average Bonchev–Trinajstić information content (AvgIpc) is 3.11. The highest BCUT2D eigenvalue weighted by Crippen LogP contribution is 2.39. The van der Waals surface area contributed by atoms with Crippen LogP contribution in [0.1, 0.15) is 29.5 Å². The molecule has 0 bridgehead atoms. The standard InChI is InChI=1S/C26H26F6N4O3/c1-35-23(38)24(14-16-5-3-2-4-6-16)15-36(9-7-21(24)34-35)22(37)20(33)8-10-39-19-12-17(25(27,28)29)11-18(13-19)26(30,31)32/h2-6,11-13,20H,7-10,14-15,33H2,1H3/t20-,24-/m1/s1. The number of carbonyl (C=O) groups is 2. The summed E-state index contributed by atoms with van der Waals surface area (Å²) in [6.45, 7) is -0.102. The van der Waals surface area contributed by atoms with E-state index in [2.05, 4.69) is 5.10 Å². The fourth-order valence-corrected chi connectivity index (χ4v) is 4.89. The Bertz CT molecular complexity index is 1230. The third-order valence-corrected chi connectivity index (χ3v) is 6.84. The van der Waals surface area contributed by atoms with Crippen molar-refractivity contribution in [3.05, 3.63) is 65.2 Å². The molecule has 0 saturated carbocycles. The number of rotatable bonds is 7. The van der Waals surface area contributed by atoms with Crippen LogP contribution in [0.25, 0.3) is 0 Å². The molecule has 2 amide bonds. The molecule has 2 atom stereocenters. The van der Waals surface area contributed by atoms with Gasteiger partial charge < -0.3 is 15.4 Å². The zero-order valence-electron chi connectivity index (χ0n) is 20.9. The van der Waals surface area contributed by atoms with E-state index in [0.717, 1.165) is 5.56 Å². The number of amides is 2. The molecule has 0 radical (unpaired) electrons. The molecule has 2 aliphatic heterocycles. The van der Waals surface area contributed by atoms with Gasteiger partial charge in [0.2, 0.25) is 5.91 Å². The molecule has 0 aliphatic carbocycles. The van der Waals surface area contributed by atoms with Gasteiger partial charge in [-0.2, -0.15) is 31.4 Å². The zero-order valence-corrected chi connectivity index (χ0v) is 20.9. The monoisotopic (exact) mass is 556 g/mol. The Balaban J connectivity index is 1.43. The van der Waals surface area contributed by atoms with Crippen LogP contribution in [-0.2, 0) is 28.4 Å². The first-order chi connectivity index (χ1) is 18.2.